The number of benzene rings is 2. The number of rotatable bonds is 5. The zero-order valence-corrected chi connectivity index (χ0v) is 12.2. The Morgan fingerprint density at radius 1 is 1.19 bits per heavy atom. The van der Waals surface area contributed by atoms with Crippen molar-refractivity contribution in [1.82, 2.24) is 0 Å². The van der Waals surface area contributed by atoms with Gasteiger partial charge < -0.3 is 5.32 Å². The van der Waals surface area contributed by atoms with E-state index < -0.39 is 0 Å². The molecular formula is C18H18FNO. The van der Waals surface area contributed by atoms with Crippen LogP contribution in [0.1, 0.15) is 34.0 Å². The lowest BCUT2D eigenvalue weighted by molar-refractivity contribution is 0.112. The van der Waals surface area contributed by atoms with Crippen LogP contribution in [0.2, 0.25) is 0 Å². The van der Waals surface area contributed by atoms with Crippen LogP contribution in [0.3, 0.4) is 0 Å². The Balaban J connectivity index is 2.30. The van der Waals surface area contributed by atoms with Crippen molar-refractivity contribution in [3.8, 4) is 0 Å². The number of allylic oxidation sites excluding steroid dienone is 1. The minimum Gasteiger partial charge on any atom is -0.380 e. The molecule has 2 aromatic carbocycles. The first-order valence-electron chi connectivity index (χ1n) is 6.86. The molecule has 1 N–H and O–H groups in total. The van der Waals surface area contributed by atoms with E-state index in [2.05, 4.69) is 5.32 Å². The highest BCUT2D eigenvalue weighted by Gasteiger charge is 2.08. The van der Waals surface area contributed by atoms with Crippen LogP contribution in [0, 0.1) is 12.7 Å². The van der Waals surface area contributed by atoms with Crippen molar-refractivity contribution in [3.63, 3.8) is 0 Å². The minimum atomic E-state index is -0.221. The summed E-state index contributed by atoms with van der Waals surface area (Å²) in [5, 5.41) is 3.22. The SMILES string of the molecule is C/C=C\c1c(C=O)cccc1NCc1c(C)cccc1F. The monoisotopic (exact) mass is 283 g/mol. The van der Waals surface area contributed by atoms with Crippen molar-refractivity contribution < 1.29 is 9.18 Å². The molecule has 2 rings (SSSR count). The standard InChI is InChI=1S/C18H18FNO/c1-3-6-15-14(12-21)8-5-10-18(15)20-11-16-13(2)7-4-9-17(16)19/h3-10,12,20H,11H2,1-2H3/b6-3-. The zero-order chi connectivity index (χ0) is 15.2. The number of hydrogen-bond donors (Lipinski definition) is 1. The Morgan fingerprint density at radius 3 is 2.62 bits per heavy atom. The highest BCUT2D eigenvalue weighted by molar-refractivity contribution is 5.86. The van der Waals surface area contributed by atoms with Crippen molar-refractivity contribution in [2.24, 2.45) is 0 Å². The van der Waals surface area contributed by atoms with Crippen LogP contribution in [0.25, 0.3) is 6.08 Å². The number of aryl methyl sites for hydroxylation is 1. The van der Waals surface area contributed by atoms with Crippen LogP contribution < -0.4 is 5.32 Å². The molecule has 0 aliphatic carbocycles. The Labute approximate surface area is 124 Å². The first-order chi connectivity index (χ1) is 10.2. The molecule has 2 aromatic rings. The van der Waals surface area contributed by atoms with Crippen LogP contribution in [-0.4, -0.2) is 6.29 Å². The maximum Gasteiger partial charge on any atom is 0.150 e. The molecule has 0 atom stereocenters. The topological polar surface area (TPSA) is 29.1 Å². The van der Waals surface area contributed by atoms with Gasteiger partial charge in [-0.2, -0.15) is 0 Å². The number of aldehydes is 1. The normalized spacial score (nSPS) is 10.8. The average Bonchev–Trinajstić information content (AvgIpc) is 2.48. The van der Waals surface area contributed by atoms with Crippen molar-refractivity contribution in [2.75, 3.05) is 5.32 Å². The number of halogens is 1. The van der Waals surface area contributed by atoms with E-state index >= 15 is 0 Å². The van der Waals surface area contributed by atoms with Crippen LogP contribution in [0.5, 0.6) is 0 Å². The smallest absolute Gasteiger partial charge is 0.150 e. The summed E-state index contributed by atoms with van der Waals surface area (Å²) in [6.45, 7) is 4.16. The first-order valence-corrected chi connectivity index (χ1v) is 6.86. The summed E-state index contributed by atoms with van der Waals surface area (Å²) in [4.78, 5) is 11.1. The summed E-state index contributed by atoms with van der Waals surface area (Å²) < 4.78 is 13.8. The average molecular weight is 283 g/mol. The molecule has 0 saturated carbocycles. The molecule has 0 fully saturated rings. The second kappa shape index (κ2) is 6.84. The number of carbonyl (C=O) groups is 1. The third-order valence-electron chi connectivity index (χ3n) is 3.41. The molecule has 0 aliphatic heterocycles. The maximum absolute atomic E-state index is 13.8. The Hall–Kier alpha value is -2.42. The minimum absolute atomic E-state index is 0.221. The van der Waals surface area contributed by atoms with Crippen molar-refractivity contribution in [1.29, 1.82) is 0 Å². The predicted molar refractivity (Wildman–Crippen MR) is 85.0 cm³/mol. The first kappa shape index (κ1) is 15.0. The van der Waals surface area contributed by atoms with Crippen LogP contribution >= 0.6 is 0 Å². The fourth-order valence-electron chi connectivity index (χ4n) is 2.27. The molecule has 108 valence electrons. The van der Waals surface area contributed by atoms with Gasteiger partial charge in [-0.25, -0.2) is 4.39 Å². The Bertz CT molecular complexity index is 657. The largest absolute Gasteiger partial charge is 0.380 e. The molecule has 0 radical (unpaired) electrons. The third-order valence-corrected chi connectivity index (χ3v) is 3.41. The summed E-state index contributed by atoms with van der Waals surface area (Å²) in [6, 6.07) is 10.5. The quantitative estimate of drug-likeness (QED) is 0.813. The van der Waals surface area contributed by atoms with Gasteiger partial charge in [0.05, 0.1) is 0 Å². The molecule has 3 heteroatoms. The van der Waals surface area contributed by atoms with Crippen molar-refractivity contribution in [2.45, 2.75) is 20.4 Å². The highest BCUT2D eigenvalue weighted by Crippen LogP contribution is 2.22. The molecular weight excluding hydrogens is 265 g/mol. The summed E-state index contributed by atoms with van der Waals surface area (Å²) in [6.07, 6.45) is 4.58. The van der Waals surface area contributed by atoms with Crippen molar-refractivity contribution >= 4 is 18.0 Å². The predicted octanol–water partition coefficient (Wildman–Crippen LogP) is 4.59. The zero-order valence-electron chi connectivity index (χ0n) is 12.2. The fourth-order valence-corrected chi connectivity index (χ4v) is 2.27. The summed E-state index contributed by atoms with van der Waals surface area (Å²) in [5.74, 6) is -0.221. The van der Waals surface area contributed by atoms with Gasteiger partial charge in [0.25, 0.3) is 0 Å². The van der Waals surface area contributed by atoms with Crippen LogP contribution in [0.4, 0.5) is 10.1 Å². The molecule has 0 aliphatic rings. The molecule has 2 nitrogen and oxygen atoms in total. The Morgan fingerprint density at radius 2 is 1.95 bits per heavy atom. The van der Waals surface area contributed by atoms with Gasteiger partial charge in [0.2, 0.25) is 0 Å². The molecule has 21 heavy (non-hydrogen) atoms. The van der Waals surface area contributed by atoms with E-state index in [4.69, 9.17) is 0 Å². The van der Waals surface area contributed by atoms with E-state index in [0.717, 1.165) is 23.1 Å². The summed E-state index contributed by atoms with van der Waals surface area (Å²) >= 11 is 0. The van der Waals surface area contributed by atoms with E-state index in [-0.39, 0.29) is 5.82 Å². The maximum atomic E-state index is 13.8. The van der Waals surface area contributed by atoms with Gasteiger partial charge in [-0.3, -0.25) is 4.79 Å². The second-order valence-electron chi connectivity index (χ2n) is 4.82. The van der Waals surface area contributed by atoms with Crippen molar-refractivity contribution in [3.05, 3.63) is 70.5 Å². The van der Waals surface area contributed by atoms with Crippen LogP contribution in [0.15, 0.2) is 42.5 Å². The highest BCUT2D eigenvalue weighted by atomic mass is 19.1. The van der Waals surface area contributed by atoms with E-state index in [0.29, 0.717) is 17.7 Å². The molecule has 0 unspecified atom stereocenters. The van der Waals surface area contributed by atoms with Gasteiger partial charge >= 0.3 is 0 Å². The fraction of sp³-hybridized carbons (Fsp3) is 0.167. The molecule has 0 spiro atoms. The Kier molecular flexibility index (Phi) is 4.88. The second-order valence-corrected chi connectivity index (χ2v) is 4.82. The number of nitrogens with one attached hydrogen (secondary N) is 1. The summed E-state index contributed by atoms with van der Waals surface area (Å²) in [5.41, 5.74) is 3.80. The van der Waals surface area contributed by atoms with Gasteiger partial charge in [0, 0.05) is 28.9 Å². The number of anilines is 1. The van der Waals surface area contributed by atoms with Gasteiger partial charge in [0.15, 0.2) is 6.29 Å². The molecule has 0 aromatic heterocycles. The number of hydrogen-bond acceptors (Lipinski definition) is 2. The lowest BCUT2D eigenvalue weighted by Crippen LogP contribution is -2.06. The van der Waals surface area contributed by atoms with Gasteiger partial charge in [0.1, 0.15) is 5.82 Å². The van der Waals surface area contributed by atoms with Gasteiger partial charge in [-0.1, -0.05) is 36.4 Å². The third kappa shape index (κ3) is 3.37. The molecule has 0 bridgehead atoms. The number of carbonyl (C=O) groups excluding carboxylic acids is 1. The van der Waals surface area contributed by atoms with E-state index in [1.165, 1.54) is 6.07 Å². The van der Waals surface area contributed by atoms with E-state index in [9.17, 15) is 9.18 Å². The lowest BCUT2D eigenvalue weighted by atomic mass is 10.0. The van der Waals surface area contributed by atoms with Gasteiger partial charge in [-0.15, -0.1) is 0 Å². The van der Waals surface area contributed by atoms with Crippen LogP contribution in [-0.2, 0) is 6.54 Å². The molecule has 0 saturated heterocycles. The van der Waals surface area contributed by atoms with Gasteiger partial charge in [-0.05, 0) is 31.5 Å². The van der Waals surface area contributed by atoms with E-state index in [1.54, 1.807) is 12.1 Å². The molecule has 0 amide bonds. The molecule has 0 heterocycles. The van der Waals surface area contributed by atoms with E-state index in [1.807, 2.05) is 44.2 Å². The summed E-state index contributed by atoms with van der Waals surface area (Å²) in [7, 11) is 0. The lowest BCUT2D eigenvalue weighted by Gasteiger charge is -2.13.